The highest BCUT2D eigenvalue weighted by Gasteiger charge is 2.10. The minimum atomic E-state index is -0.233. The lowest BCUT2D eigenvalue weighted by atomic mass is 10.1. The van der Waals surface area contributed by atoms with Crippen LogP contribution in [0.3, 0.4) is 0 Å². The number of hydrogen-bond donors (Lipinski definition) is 4. The van der Waals surface area contributed by atoms with Crippen molar-refractivity contribution in [1.82, 2.24) is 10.6 Å². The number of hydrogen-bond acceptors (Lipinski definition) is 5. The smallest absolute Gasteiger partial charge is 0.251 e. The van der Waals surface area contributed by atoms with Crippen molar-refractivity contribution < 1.29 is 18.8 Å². The maximum absolute atomic E-state index is 12.2. The summed E-state index contributed by atoms with van der Waals surface area (Å²) in [7, 11) is 0. The van der Waals surface area contributed by atoms with Crippen LogP contribution in [0.2, 0.25) is 0 Å². The van der Waals surface area contributed by atoms with Crippen LogP contribution in [0.1, 0.15) is 46.7 Å². The number of furan rings is 1. The quantitative estimate of drug-likeness (QED) is 0.377. The molecular weight excluding hydrogens is 420 g/mol. The average molecular weight is 449 g/mol. The monoisotopic (exact) mass is 448 g/mol. The molecule has 1 aromatic heterocycles. The maximum atomic E-state index is 12.2. The Hall–Kier alpha value is -4.07. The molecule has 33 heavy (non-hydrogen) atoms. The molecule has 3 amide bonds. The highest BCUT2D eigenvalue weighted by atomic mass is 16.3. The van der Waals surface area contributed by atoms with E-state index in [1.165, 1.54) is 0 Å². The Morgan fingerprint density at radius 1 is 0.879 bits per heavy atom. The maximum Gasteiger partial charge on any atom is 0.251 e. The zero-order valence-electron chi connectivity index (χ0n) is 18.7. The van der Waals surface area contributed by atoms with Crippen LogP contribution in [-0.4, -0.2) is 30.3 Å². The normalized spacial score (nSPS) is 11.3. The fourth-order valence-corrected chi connectivity index (χ4v) is 2.92. The lowest BCUT2D eigenvalue weighted by molar-refractivity contribution is -0.114. The molecule has 1 heterocycles. The Kier molecular flexibility index (Phi) is 8.24. The van der Waals surface area contributed by atoms with Crippen LogP contribution in [0.15, 0.2) is 71.3 Å². The van der Waals surface area contributed by atoms with Crippen molar-refractivity contribution in [3.8, 4) is 0 Å². The van der Waals surface area contributed by atoms with Gasteiger partial charge in [-0.2, -0.15) is 0 Å². The molecule has 0 bridgehead atoms. The molecule has 1 unspecified atom stereocenters. The summed E-state index contributed by atoms with van der Waals surface area (Å²) in [5, 5.41) is 11.5. The molecular formula is C25H28N4O4. The van der Waals surface area contributed by atoms with E-state index in [2.05, 4.69) is 21.3 Å². The SMILES string of the molecule is CCC(C)NC(=O)c1ccc(NCC(=O)Nc2ccc(C(=O)NCc3ccco3)cc2)cc1. The van der Waals surface area contributed by atoms with Crippen LogP contribution < -0.4 is 21.3 Å². The average Bonchev–Trinajstić information content (AvgIpc) is 3.35. The number of carbonyl (C=O) groups is 3. The first-order valence-electron chi connectivity index (χ1n) is 10.8. The second-order valence-corrected chi connectivity index (χ2v) is 7.60. The van der Waals surface area contributed by atoms with Crippen LogP contribution in [0.4, 0.5) is 11.4 Å². The first kappa shape index (κ1) is 23.6. The summed E-state index contributed by atoms with van der Waals surface area (Å²) in [6.45, 7) is 4.33. The second-order valence-electron chi connectivity index (χ2n) is 7.60. The molecule has 0 aliphatic heterocycles. The molecule has 1 atom stereocenters. The Morgan fingerprint density at radius 2 is 1.52 bits per heavy atom. The minimum absolute atomic E-state index is 0.0593. The molecule has 0 saturated heterocycles. The predicted octanol–water partition coefficient (Wildman–Crippen LogP) is 3.79. The number of rotatable bonds is 10. The van der Waals surface area contributed by atoms with Gasteiger partial charge in [0.2, 0.25) is 5.91 Å². The van der Waals surface area contributed by atoms with Crippen molar-refractivity contribution in [2.45, 2.75) is 32.9 Å². The van der Waals surface area contributed by atoms with Gasteiger partial charge in [-0.3, -0.25) is 14.4 Å². The summed E-state index contributed by atoms with van der Waals surface area (Å²) >= 11 is 0. The molecule has 172 valence electrons. The van der Waals surface area contributed by atoms with E-state index < -0.39 is 0 Å². The lowest BCUT2D eigenvalue weighted by Gasteiger charge is -2.12. The molecule has 8 nitrogen and oxygen atoms in total. The van der Waals surface area contributed by atoms with E-state index in [0.29, 0.717) is 29.1 Å². The molecule has 0 spiro atoms. The second kappa shape index (κ2) is 11.5. The highest BCUT2D eigenvalue weighted by Crippen LogP contribution is 2.12. The first-order valence-corrected chi connectivity index (χ1v) is 10.8. The van der Waals surface area contributed by atoms with Crippen LogP contribution >= 0.6 is 0 Å². The van der Waals surface area contributed by atoms with Gasteiger partial charge in [-0.15, -0.1) is 0 Å². The topological polar surface area (TPSA) is 112 Å². The summed E-state index contributed by atoms with van der Waals surface area (Å²) in [6, 6.07) is 17.2. The van der Waals surface area contributed by atoms with E-state index >= 15 is 0 Å². The highest BCUT2D eigenvalue weighted by molar-refractivity contribution is 5.97. The largest absolute Gasteiger partial charge is 0.467 e. The summed E-state index contributed by atoms with van der Waals surface area (Å²) in [4.78, 5) is 36.6. The first-order chi connectivity index (χ1) is 15.9. The van der Waals surface area contributed by atoms with Gasteiger partial charge in [-0.05, 0) is 74.0 Å². The fourth-order valence-electron chi connectivity index (χ4n) is 2.92. The molecule has 4 N–H and O–H groups in total. The predicted molar refractivity (Wildman–Crippen MR) is 127 cm³/mol. The lowest BCUT2D eigenvalue weighted by Crippen LogP contribution is -2.31. The number of anilines is 2. The van der Waals surface area contributed by atoms with Gasteiger partial charge in [0.15, 0.2) is 0 Å². The Morgan fingerprint density at radius 3 is 2.12 bits per heavy atom. The summed E-state index contributed by atoms with van der Waals surface area (Å²) in [5.41, 5.74) is 2.36. The van der Waals surface area contributed by atoms with E-state index in [0.717, 1.165) is 12.1 Å². The number of nitrogens with one attached hydrogen (secondary N) is 4. The molecule has 3 aromatic rings. The minimum Gasteiger partial charge on any atom is -0.467 e. The van der Waals surface area contributed by atoms with Gasteiger partial charge in [0.1, 0.15) is 5.76 Å². The van der Waals surface area contributed by atoms with Crippen molar-refractivity contribution in [3.63, 3.8) is 0 Å². The van der Waals surface area contributed by atoms with E-state index in [4.69, 9.17) is 4.42 Å². The Labute approximate surface area is 192 Å². The van der Waals surface area contributed by atoms with Gasteiger partial charge in [0.05, 0.1) is 19.4 Å². The van der Waals surface area contributed by atoms with Crippen LogP contribution in [0, 0.1) is 0 Å². The fraction of sp³-hybridized carbons (Fsp3) is 0.240. The molecule has 3 rings (SSSR count). The van der Waals surface area contributed by atoms with E-state index in [9.17, 15) is 14.4 Å². The molecule has 0 aliphatic rings. The van der Waals surface area contributed by atoms with Crippen molar-refractivity contribution in [2.24, 2.45) is 0 Å². The van der Waals surface area contributed by atoms with E-state index in [-0.39, 0.29) is 30.3 Å². The third kappa shape index (κ3) is 7.24. The third-order valence-electron chi connectivity index (χ3n) is 5.02. The molecule has 0 radical (unpaired) electrons. The van der Waals surface area contributed by atoms with E-state index in [1.54, 1.807) is 66.9 Å². The van der Waals surface area contributed by atoms with Crippen LogP contribution in [0.25, 0.3) is 0 Å². The molecule has 0 saturated carbocycles. The van der Waals surface area contributed by atoms with Crippen molar-refractivity contribution in [2.75, 3.05) is 17.2 Å². The van der Waals surface area contributed by atoms with Gasteiger partial charge in [-0.1, -0.05) is 6.92 Å². The molecule has 0 aliphatic carbocycles. The van der Waals surface area contributed by atoms with Gasteiger partial charge < -0.3 is 25.7 Å². The van der Waals surface area contributed by atoms with Gasteiger partial charge in [0, 0.05) is 28.5 Å². The summed E-state index contributed by atoms with van der Waals surface area (Å²) in [6.07, 6.45) is 2.42. The zero-order valence-corrected chi connectivity index (χ0v) is 18.7. The van der Waals surface area contributed by atoms with Gasteiger partial charge >= 0.3 is 0 Å². The van der Waals surface area contributed by atoms with Crippen LogP contribution in [-0.2, 0) is 11.3 Å². The van der Waals surface area contributed by atoms with Crippen LogP contribution in [0.5, 0.6) is 0 Å². The standard InChI is InChI=1S/C25H28N4O4/c1-3-17(2)28-25(32)19-6-10-20(11-7-19)26-16-23(30)29-21-12-8-18(9-13-21)24(31)27-15-22-5-4-14-33-22/h4-14,17,26H,3,15-16H2,1-2H3,(H,27,31)(H,28,32)(H,29,30). The summed E-state index contributed by atoms with van der Waals surface area (Å²) < 4.78 is 5.19. The Bertz CT molecular complexity index is 1060. The number of benzene rings is 2. The Balaban J connectivity index is 1.44. The van der Waals surface area contributed by atoms with E-state index in [1.807, 2.05) is 13.8 Å². The number of carbonyl (C=O) groups excluding carboxylic acids is 3. The molecule has 8 heteroatoms. The van der Waals surface area contributed by atoms with Crippen molar-refractivity contribution >= 4 is 29.1 Å². The number of amides is 3. The van der Waals surface area contributed by atoms with Crippen molar-refractivity contribution in [3.05, 3.63) is 83.8 Å². The zero-order chi connectivity index (χ0) is 23.6. The van der Waals surface area contributed by atoms with Gasteiger partial charge in [0.25, 0.3) is 11.8 Å². The third-order valence-corrected chi connectivity index (χ3v) is 5.02. The molecule has 2 aromatic carbocycles. The van der Waals surface area contributed by atoms with Crippen molar-refractivity contribution in [1.29, 1.82) is 0 Å². The molecule has 0 fully saturated rings. The summed E-state index contributed by atoms with van der Waals surface area (Å²) in [5.74, 6) is 0.0892. The van der Waals surface area contributed by atoms with Gasteiger partial charge in [-0.25, -0.2) is 0 Å².